The minimum absolute atomic E-state index is 0.691. The average Bonchev–Trinajstić information content (AvgIpc) is 2.27. The Bertz CT molecular complexity index is 412. The molecule has 4 saturated carbocycles. The summed E-state index contributed by atoms with van der Waals surface area (Å²) in [5.74, 6) is 5.45. The Morgan fingerprint density at radius 3 is 2.24 bits per heavy atom. The fourth-order valence-corrected chi connectivity index (χ4v) is 5.14. The van der Waals surface area contributed by atoms with E-state index in [1.165, 1.54) is 37.7 Å². The molecule has 1 heterocycles. The Morgan fingerprint density at radius 1 is 1.00 bits per heavy atom. The highest BCUT2D eigenvalue weighted by molar-refractivity contribution is 5.35. The van der Waals surface area contributed by atoms with Crippen molar-refractivity contribution in [2.45, 2.75) is 38.0 Å². The Hall–Kier alpha value is -1.05. The number of nitrogen functional groups attached to an aromatic ring is 1. The maximum absolute atomic E-state index is 5.84. The van der Waals surface area contributed by atoms with Crippen LogP contribution in [-0.4, -0.2) is 4.98 Å². The van der Waals surface area contributed by atoms with Crippen molar-refractivity contribution in [2.24, 2.45) is 23.7 Å². The van der Waals surface area contributed by atoms with Gasteiger partial charge in [-0.1, -0.05) is 0 Å². The molecule has 4 aliphatic rings. The molecule has 2 heteroatoms. The van der Waals surface area contributed by atoms with Gasteiger partial charge >= 0.3 is 0 Å². The van der Waals surface area contributed by atoms with Crippen molar-refractivity contribution in [3.63, 3.8) is 0 Å². The first-order valence-corrected chi connectivity index (χ1v) is 7.01. The summed E-state index contributed by atoms with van der Waals surface area (Å²) in [5.41, 5.74) is 7.30. The quantitative estimate of drug-likeness (QED) is 0.801. The molecule has 2 N–H and O–H groups in total. The predicted octanol–water partition coefficient (Wildman–Crippen LogP) is 3.20. The fourth-order valence-electron chi connectivity index (χ4n) is 5.14. The molecule has 0 spiro atoms. The molecule has 0 aliphatic heterocycles. The van der Waals surface area contributed by atoms with E-state index in [-0.39, 0.29) is 0 Å². The molecule has 1 aromatic heterocycles. The van der Waals surface area contributed by atoms with Crippen molar-refractivity contribution in [3.05, 3.63) is 23.9 Å². The maximum Gasteiger partial charge on any atom is 0.123 e. The van der Waals surface area contributed by atoms with Gasteiger partial charge in [0.05, 0.1) is 0 Å². The van der Waals surface area contributed by atoms with Gasteiger partial charge in [0.15, 0.2) is 0 Å². The van der Waals surface area contributed by atoms with Crippen molar-refractivity contribution < 1.29 is 0 Å². The van der Waals surface area contributed by atoms with Gasteiger partial charge in [-0.25, -0.2) is 4.98 Å². The van der Waals surface area contributed by atoms with E-state index in [2.05, 4.69) is 17.1 Å². The van der Waals surface area contributed by atoms with Crippen LogP contribution in [0.5, 0.6) is 0 Å². The molecular weight excluding hydrogens is 208 g/mol. The van der Waals surface area contributed by atoms with Gasteiger partial charge in [-0.05, 0) is 79.4 Å². The van der Waals surface area contributed by atoms with E-state index in [1.54, 1.807) is 0 Å². The van der Waals surface area contributed by atoms with Crippen LogP contribution in [0.25, 0.3) is 0 Å². The molecule has 5 rings (SSSR count). The largest absolute Gasteiger partial charge is 0.384 e. The van der Waals surface area contributed by atoms with Crippen LogP contribution in [0, 0.1) is 23.7 Å². The highest BCUT2D eigenvalue weighted by Gasteiger charge is 2.48. The number of hydrogen-bond acceptors (Lipinski definition) is 2. The second kappa shape index (κ2) is 3.47. The summed E-state index contributed by atoms with van der Waals surface area (Å²) in [6, 6.07) is 4.32. The molecule has 4 aliphatic carbocycles. The molecule has 0 unspecified atom stereocenters. The smallest absolute Gasteiger partial charge is 0.123 e. The first-order chi connectivity index (χ1) is 8.29. The molecule has 0 saturated heterocycles. The zero-order valence-electron chi connectivity index (χ0n) is 10.2. The van der Waals surface area contributed by atoms with Crippen molar-refractivity contribution in [2.75, 3.05) is 5.73 Å². The van der Waals surface area contributed by atoms with Crippen LogP contribution in [0.15, 0.2) is 18.3 Å². The number of aromatic nitrogens is 1. The minimum atomic E-state index is 0.691. The van der Waals surface area contributed by atoms with E-state index in [0.717, 1.165) is 29.6 Å². The maximum atomic E-state index is 5.84. The zero-order valence-corrected chi connectivity index (χ0v) is 10.2. The molecular formula is C15H20N2. The summed E-state index contributed by atoms with van der Waals surface area (Å²) in [6.07, 6.45) is 9.30. The number of nitrogens with zero attached hydrogens (tertiary/aromatic N) is 1. The van der Waals surface area contributed by atoms with E-state index >= 15 is 0 Å². The van der Waals surface area contributed by atoms with Crippen LogP contribution in [0.1, 0.15) is 43.6 Å². The van der Waals surface area contributed by atoms with Crippen LogP contribution in [-0.2, 0) is 0 Å². The lowest BCUT2D eigenvalue weighted by molar-refractivity contribution is -0.00277. The van der Waals surface area contributed by atoms with Gasteiger partial charge in [0.2, 0.25) is 0 Å². The first-order valence-electron chi connectivity index (χ1n) is 7.01. The molecule has 4 fully saturated rings. The summed E-state index contributed by atoms with van der Waals surface area (Å²) in [6.45, 7) is 0. The highest BCUT2D eigenvalue weighted by atomic mass is 14.8. The van der Waals surface area contributed by atoms with Gasteiger partial charge in [0.1, 0.15) is 5.82 Å². The van der Waals surface area contributed by atoms with Gasteiger partial charge in [-0.15, -0.1) is 0 Å². The van der Waals surface area contributed by atoms with Gasteiger partial charge in [-0.2, -0.15) is 0 Å². The number of pyridine rings is 1. The van der Waals surface area contributed by atoms with E-state index in [0.29, 0.717) is 5.82 Å². The van der Waals surface area contributed by atoms with Crippen molar-refractivity contribution in [3.8, 4) is 0 Å². The molecule has 1 aromatic rings. The van der Waals surface area contributed by atoms with Gasteiger partial charge in [0, 0.05) is 6.20 Å². The molecule has 4 bridgehead atoms. The standard InChI is InChI=1S/C15H20N2/c16-14-8-11(1-2-17-14)15-12-4-9-3-10(6-12)7-13(15)5-9/h1-2,8-10,12-13,15H,3-7H2,(H2,16,17). The minimum Gasteiger partial charge on any atom is -0.384 e. The van der Waals surface area contributed by atoms with Crippen LogP contribution in [0.3, 0.4) is 0 Å². The van der Waals surface area contributed by atoms with Crippen LogP contribution in [0.2, 0.25) is 0 Å². The third kappa shape index (κ3) is 1.50. The first kappa shape index (κ1) is 9.93. The van der Waals surface area contributed by atoms with Crippen LogP contribution in [0.4, 0.5) is 5.82 Å². The highest BCUT2D eigenvalue weighted by Crippen LogP contribution is 2.59. The Morgan fingerprint density at radius 2 is 1.65 bits per heavy atom. The van der Waals surface area contributed by atoms with Gasteiger partial charge < -0.3 is 5.73 Å². The summed E-state index contributed by atoms with van der Waals surface area (Å²) in [7, 11) is 0. The summed E-state index contributed by atoms with van der Waals surface area (Å²) in [4.78, 5) is 4.13. The normalized spacial score (nSPS) is 42.9. The molecule has 0 atom stereocenters. The third-order valence-electron chi connectivity index (χ3n) is 5.42. The van der Waals surface area contributed by atoms with Crippen LogP contribution >= 0.6 is 0 Å². The molecule has 90 valence electrons. The van der Waals surface area contributed by atoms with Crippen molar-refractivity contribution >= 4 is 5.82 Å². The fraction of sp³-hybridized carbons (Fsp3) is 0.667. The van der Waals surface area contributed by atoms with Crippen LogP contribution < -0.4 is 5.73 Å². The average molecular weight is 228 g/mol. The predicted molar refractivity (Wildman–Crippen MR) is 68.4 cm³/mol. The van der Waals surface area contributed by atoms with E-state index in [9.17, 15) is 0 Å². The zero-order chi connectivity index (χ0) is 11.4. The van der Waals surface area contributed by atoms with Gasteiger partial charge in [0.25, 0.3) is 0 Å². The van der Waals surface area contributed by atoms with Crippen molar-refractivity contribution in [1.29, 1.82) is 0 Å². The number of anilines is 1. The Kier molecular flexibility index (Phi) is 2.03. The number of rotatable bonds is 1. The van der Waals surface area contributed by atoms with Crippen molar-refractivity contribution in [1.82, 2.24) is 4.98 Å². The summed E-state index contributed by atoms with van der Waals surface area (Å²) < 4.78 is 0. The van der Waals surface area contributed by atoms with E-state index in [4.69, 9.17) is 5.73 Å². The summed E-state index contributed by atoms with van der Waals surface area (Å²) in [5, 5.41) is 0. The second-order valence-electron chi connectivity index (χ2n) is 6.47. The second-order valence-corrected chi connectivity index (χ2v) is 6.47. The SMILES string of the molecule is Nc1cc(C2C3CC4CC(C3)CC2C4)ccn1. The van der Waals surface area contributed by atoms with E-state index < -0.39 is 0 Å². The van der Waals surface area contributed by atoms with Gasteiger partial charge in [-0.3, -0.25) is 0 Å². The number of nitrogens with two attached hydrogens (primary N) is 1. The Balaban J connectivity index is 1.70. The molecule has 0 aromatic carbocycles. The lowest BCUT2D eigenvalue weighted by Crippen LogP contribution is -2.43. The molecule has 0 radical (unpaired) electrons. The monoisotopic (exact) mass is 228 g/mol. The lowest BCUT2D eigenvalue weighted by Gasteiger charge is -2.54. The number of hydrogen-bond donors (Lipinski definition) is 1. The molecule has 17 heavy (non-hydrogen) atoms. The molecule has 0 amide bonds. The summed E-state index contributed by atoms with van der Waals surface area (Å²) >= 11 is 0. The third-order valence-corrected chi connectivity index (χ3v) is 5.42. The topological polar surface area (TPSA) is 38.9 Å². The lowest BCUT2D eigenvalue weighted by atomic mass is 9.51. The Labute approximate surface area is 103 Å². The molecule has 2 nitrogen and oxygen atoms in total. The van der Waals surface area contributed by atoms with E-state index in [1.807, 2.05) is 6.20 Å².